The van der Waals surface area contributed by atoms with Crippen LogP contribution in [0.2, 0.25) is 0 Å². The molecule has 0 saturated heterocycles. The van der Waals surface area contributed by atoms with Crippen molar-refractivity contribution in [1.82, 2.24) is 0 Å². The minimum Gasteiger partial charge on any atom is -0.324 e. The Morgan fingerprint density at radius 3 is 1.15 bits per heavy atom. The Morgan fingerprint density at radius 2 is 0.824 bits per heavy atom. The monoisotopic (exact) mass is 472 g/mol. The van der Waals surface area contributed by atoms with E-state index in [9.17, 15) is 9.59 Å². The van der Waals surface area contributed by atoms with Crippen LogP contribution in [0.3, 0.4) is 0 Å². The van der Waals surface area contributed by atoms with E-state index in [1.54, 1.807) is 0 Å². The van der Waals surface area contributed by atoms with Crippen LogP contribution in [0.4, 0.5) is 11.4 Å². The zero-order valence-electron chi connectivity index (χ0n) is 22.7. The van der Waals surface area contributed by atoms with Crippen LogP contribution in [0.25, 0.3) is 0 Å². The summed E-state index contributed by atoms with van der Waals surface area (Å²) in [5, 5.41) is 6.10. The van der Waals surface area contributed by atoms with Crippen LogP contribution in [0.1, 0.15) is 141 Å². The summed E-state index contributed by atoms with van der Waals surface area (Å²) in [7, 11) is 0. The van der Waals surface area contributed by atoms with Crippen molar-refractivity contribution in [2.24, 2.45) is 0 Å². The van der Waals surface area contributed by atoms with Crippen LogP contribution in [0.5, 0.6) is 0 Å². The lowest BCUT2D eigenvalue weighted by atomic mass is 10.1. The fraction of sp³-hybridized carbons (Fsp3) is 0.733. The zero-order valence-corrected chi connectivity index (χ0v) is 22.7. The Balaban J connectivity index is 2.39. The minimum absolute atomic E-state index is 0.0350. The third-order valence-electron chi connectivity index (χ3n) is 6.70. The van der Waals surface area contributed by atoms with Crippen molar-refractivity contribution < 1.29 is 9.59 Å². The maximum atomic E-state index is 12.5. The summed E-state index contributed by atoms with van der Waals surface area (Å²) in [5.74, 6) is 0.0700. The number of anilines is 2. The first-order valence-corrected chi connectivity index (χ1v) is 14.2. The largest absolute Gasteiger partial charge is 0.324 e. The van der Waals surface area contributed by atoms with Gasteiger partial charge in [0, 0.05) is 12.8 Å². The van der Waals surface area contributed by atoms with Crippen LogP contribution in [0, 0.1) is 13.8 Å². The summed E-state index contributed by atoms with van der Waals surface area (Å²) in [5.41, 5.74) is 3.67. The van der Waals surface area contributed by atoms with Gasteiger partial charge in [-0.15, -0.1) is 0 Å². The molecule has 0 heterocycles. The summed E-state index contributed by atoms with van der Waals surface area (Å²) >= 11 is 0. The Hall–Kier alpha value is -1.84. The zero-order chi connectivity index (χ0) is 25.0. The van der Waals surface area contributed by atoms with Crippen LogP contribution >= 0.6 is 0 Å². The maximum absolute atomic E-state index is 12.5. The first kappa shape index (κ1) is 30.2. The van der Waals surface area contributed by atoms with Gasteiger partial charge in [-0.3, -0.25) is 9.59 Å². The molecular weight excluding hydrogens is 420 g/mol. The second kappa shape index (κ2) is 19.5. The second-order valence-electron chi connectivity index (χ2n) is 10.0. The first-order chi connectivity index (χ1) is 16.5. The third-order valence-corrected chi connectivity index (χ3v) is 6.70. The van der Waals surface area contributed by atoms with Gasteiger partial charge in [0.05, 0.1) is 11.4 Å². The van der Waals surface area contributed by atoms with E-state index in [1.165, 1.54) is 77.0 Å². The molecule has 2 amide bonds. The Bertz CT molecular complexity index is 640. The topological polar surface area (TPSA) is 58.2 Å². The summed E-state index contributed by atoms with van der Waals surface area (Å²) in [6.45, 7) is 8.55. The van der Waals surface area contributed by atoms with Crippen LogP contribution in [0.15, 0.2) is 12.1 Å². The Labute approximate surface area is 210 Å². The summed E-state index contributed by atoms with van der Waals surface area (Å²) in [6, 6.07) is 3.96. The predicted molar refractivity (Wildman–Crippen MR) is 148 cm³/mol. The molecule has 1 aromatic rings. The van der Waals surface area contributed by atoms with Gasteiger partial charge in [-0.25, -0.2) is 0 Å². The predicted octanol–water partition coefficient (Wildman–Crippen LogP) is 9.24. The number of amides is 2. The molecule has 0 aliphatic carbocycles. The van der Waals surface area contributed by atoms with E-state index in [0.29, 0.717) is 12.8 Å². The lowest BCUT2D eigenvalue weighted by Crippen LogP contribution is -2.17. The molecule has 0 radical (unpaired) electrons. The number of hydrogen-bond donors (Lipinski definition) is 2. The molecule has 34 heavy (non-hydrogen) atoms. The van der Waals surface area contributed by atoms with Crippen molar-refractivity contribution in [2.45, 2.75) is 143 Å². The van der Waals surface area contributed by atoms with Crippen LogP contribution < -0.4 is 10.6 Å². The van der Waals surface area contributed by atoms with Gasteiger partial charge in [0.15, 0.2) is 0 Å². The standard InChI is InChI=1S/C30H52N2O2/c1-5-7-9-11-13-15-17-19-21-29(33)31-27-23-25(3)26(4)24-28(27)32-30(34)22-20-18-16-14-12-10-8-6-2/h23-24H,5-22H2,1-4H3,(H,31,33)(H,32,34). The molecule has 0 fully saturated rings. The van der Waals surface area contributed by atoms with E-state index >= 15 is 0 Å². The number of nitrogens with one attached hydrogen (secondary N) is 2. The van der Waals surface area contributed by atoms with Crippen molar-refractivity contribution in [3.63, 3.8) is 0 Å². The van der Waals surface area contributed by atoms with E-state index in [2.05, 4.69) is 24.5 Å². The maximum Gasteiger partial charge on any atom is 0.224 e. The van der Waals surface area contributed by atoms with Gasteiger partial charge < -0.3 is 10.6 Å². The number of benzene rings is 1. The highest BCUT2D eigenvalue weighted by atomic mass is 16.2. The van der Waals surface area contributed by atoms with Gasteiger partial charge in [-0.05, 0) is 49.9 Å². The van der Waals surface area contributed by atoms with E-state index in [0.717, 1.165) is 48.2 Å². The third kappa shape index (κ3) is 14.4. The molecule has 194 valence electrons. The molecule has 0 unspecified atom stereocenters. The fourth-order valence-corrected chi connectivity index (χ4v) is 4.29. The molecule has 0 spiro atoms. The van der Waals surface area contributed by atoms with Crippen molar-refractivity contribution in [3.05, 3.63) is 23.3 Å². The van der Waals surface area contributed by atoms with E-state index in [4.69, 9.17) is 0 Å². The molecule has 0 aliphatic rings. The average molecular weight is 473 g/mol. The smallest absolute Gasteiger partial charge is 0.224 e. The van der Waals surface area contributed by atoms with Gasteiger partial charge in [-0.2, -0.15) is 0 Å². The van der Waals surface area contributed by atoms with E-state index in [1.807, 2.05) is 26.0 Å². The minimum atomic E-state index is 0.0350. The highest BCUT2D eigenvalue weighted by molar-refractivity contribution is 5.99. The molecule has 4 heteroatoms. The quantitative estimate of drug-likeness (QED) is 0.186. The molecule has 1 aromatic carbocycles. The fourth-order valence-electron chi connectivity index (χ4n) is 4.29. The SMILES string of the molecule is CCCCCCCCCCC(=O)Nc1cc(C)c(C)cc1NC(=O)CCCCCCCCCC. The molecule has 1 rings (SSSR count). The molecule has 0 aliphatic heterocycles. The van der Waals surface area contributed by atoms with Gasteiger partial charge in [-0.1, -0.05) is 104 Å². The number of aryl methyl sites for hydroxylation is 2. The van der Waals surface area contributed by atoms with Crippen molar-refractivity contribution in [1.29, 1.82) is 0 Å². The average Bonchev–Trinajstić information content (AvgIpc) is 2.80. The normalized spacial score (nSPS) is 10.9. The first-order valence-electron chi connectivity index (χ1n) is 14.2. The van der Waals surface area contributed by atoms with Gasteiger partial charge >= 0.3 is 0 Å². The molecule has 0 aromatic heterocycles. The molecule has 0 atom stereocenters. The van der Waals surface area contributed by atoms with E-state index < -0.39 is 0 Å². The lowest BCUT2D eigenvalue weighted by molar-refractivity contribution is -0.117. The number of hydrogen-bond acceptors (Lipinski definition) is 2. The number of unbranched alkanes of at least 4 members (excludes halogenated alkanes) is 14. The Kier molecular flexibility index (Phi) is 17.3. The van der Waals surface area contributed by atoms with Gasteiger partial charge in [0.25, 0.3) is 0 Å². The van der Waals surface area contributed by atoms with Gasteiger partial charge in [0.2, 0.25) is 11.8 Å². The summed E-state index contributed by atoms with van der Waals surface area (Å²) in [6.07, 6.45) is 20.6. The summed E-state index contributed by atoms with van der Waals surface area (Å²) < 4.78 is 0. The molecule has 4 nitrogen and oxygen atoms in total. The number of rotatable bonds is 20. The van der Waals surface area contributed by atoms with Crippen molar-refractivity contribution in [3.8, 4) is 0 Å². The van der Waals surface area contributed by atoms with Crippen molar-refractivity contribution >= 4 is 23.2 Å². The molecular formula is C30H52N2O2. The van der Waals surface area contributed by atoms with Gasteiger partial charge in [0.1, 0.15) is 0 Å². The van der Waals surface area contributed by atoms with E-state index in [-0.39, 0.29) is 11.8 Å². The molecule has 2 N–H and O–H groups in total. The second-order valence-corrected chi connectivity index (χ2v) is 10.0. The highest BCUT2D eigenvalue weighted by Crippen LogP contribution is 2.27. The summed E-state index contributed by atoms with van der Waals surface area (Å²) in [4.78, 5) is 25.1. The van der Waals surface area contributed by atoms with Crippen LogP contribution in [-0.4, -0.2) is 11.8 Å². The van der Waals surface area contributed by atoms with Crippen LogP contribution in [-0.2, 0) is 9.59 Å². The molecule has 0 bridgehead atoms. The molecule has 0 saturated carbocycles. The number of carbonyl (C=O) groups is 2. The lowest BCUT2D eigenvalue weighted by Gasteiger charge is -2.15. The number of carbonyl (C=O) groups excluding carboxylic acids is 2. The highest BCUT2D eigenvalue weighted by Gasteiger charge is 2.12. The Morgan fingerprint density at radius 1 is 0.529 bits per heavy atom. The van der Waals surface area contributed by atoms with Crippen molar-refractivity contribution in [2.75, 3.05) is 10.6 Å².